The Kier molecular flexibility index (Phi) is 6.58. The molecule has 1 N–H and O–H groups in total. The van der Waals surface area contributed by atoms with E-state index >= 15 is 0 Å². The van der Waals surface area contributed by atoms with Crippen LogP contribution in [0.5, 0.6) is 5.75 Å². The monoisotopic (exact) mass is 407 g/mol. The van der Waals surface area contributed by atoms with Crippen molar-refractivity contribution in [2.75, 3.05) is 19.8 Å². The first-order valence-corrected chi connectivity index (χ1v) is 9.36. The molecule has 1 aliphatic heterocycles. The van der Waals surface area contributed by atoms with Crippen LogP contribution < -0.4 is 10.1 Å². The number of fused-ring (bicyclic) bond motifs is 1. The van der Waals surface area contributed by atoms with Crippen molar-refractivity contribution in [1.29, 1.82) is 0 Å². The zero-order valence-corrected chi connectivity index (χ0v) is 16.1. The lowest BCUT2D eigenvalue weighted by atomic mass is 9.97. The number of ether oxygens (including phenoxy) is 2. The number of hydrogen-bond donors (Lipinski definition) is 1. The first-order valence-electron chi connectivity index (χ1n) is 8.60. The van der Waals surface area contributed by atoms with Gasteiger partial charge < -0.3 is 14.8 Å². The van der Waals surface area contributed by atoms with Crippen LogP contribution in [0.15, 0.2) is 42.5 Å². The Hall–Kier alpha value is -2.24. The average molecular weight is 408 g/mol. The van der Waals surface area contributed by atoms with E-state index in [-0.39, 0.29) is 19.1 Å². The minimum absolute atomic E-state index is 0.226. The van der Waals surface area contributed by atoms with Crippen LogP contribution in [0.1, 0.15) is 11.1 Å². The van der Waals surface area contributed by atoms with E-state index < -0.39 is 11.9 Å². The molecule has 0 spiro atoms. The maximum Gasteiger partial charge on any atom is 0.313 e. The van der Waals surface area contributed by atoms with E-state index in [4.69, 9.17) is 32.7 Å². The predicted molar refractivity (Wildman–Crippen MR) is 103 cm³/mol. The van der Waals surface area contributed by atoms with Crippen molar-refractivity contribution >= 4 is 35.1 Å². The van der Waals surface area contributed by atoms with Gasteiger partial charge in [0.05, 0.1) is 5.92 Å². The van der Waals surface area contributed by atoms with Gasteiger partial charge in [0.2, 0.25) is 0 Å². The van der Waals surface area contributed by atoms with Crippen molar-refractivity contribution in [1.82, 2.24) is 5.32 Å². The number of benzene rings is 2. The highest BCUT2D eigenvalue weighted by atomic mass is 35.5. The van der Waals surface area contributed by atoms with E-state index in [1.54, 1.807) is 24.3 Å². The van der Waals surface area contributed by atoms with Gasteiger partial charge in [0.15, 0.2) is 6.61 Å². The number of rotatable bonds is 6. The van der Waals surface area contributed by atoms with Crippen LogP contribution in [-0.2, 0) is 27.2 Å². The standard InChI is InChI=1S/C20H19Cl2NO4/c21-16-3-1-2-13(8-16)6-7-23-19(24)12-27-20(25)15-9-14-10-17(22)4-5-18(14)26-11-15/h1-5,8,10,15H,6-7,9,11-12H2,(H,23,24)/t15-/m0/s1. The first kappa shape index (κ1) is 19.5. The molecule has 1 aliphatic rings. The third kappa shape index (κ3) is 5.62. The predicted octanol–water partition coefficient (Wildman–Crippen LogP) is 3.45. The molecule has 0 radical (unpaired) electrons. The van der Waals surface area contributed by atoms with Crippen molar-refractivity contribution < 1.29 is 19.1 Å². The van der Waals surface area contributed by atoms with Gasteiger partial charge in [-0.1, -0.05) is 35.3 Å². The van der Waals surface area contributed by atoms with Gasteiger partial charge in [0.1, 0.15) is 12.4 Å². The number of halogens is 2. The quantitative estimate of drug-likeness (QED) is 0.744. The molecule has 0 aliphatic carbocycles. The fourth-order valence-corrected chi connectivity index (χ4v) is 3.27. The second kappa shape index (κ2) is 9.11. The maximum absolute atomic E-state index is 12.2. The second-order valence-corrected chi connectivity index (χ2v) is 7.17. The highest BCUT2D eigenvalue weighted by Crippen LogP contribution is 2.30. The zero-order valence-electron chi connectivity index (χ0n) is 14.5. The number of hydrogen-bond acceptors (Lipinski definition) is 4. The SMILES string of the molecule is O=C(COC(=O)[C@@H]1COc2ccc(Cl)cc2C1)NCCc1cccc(Cl)c1. The highest BCUT2D eigenvalue weighted by Gasteiger charge is 2.27. The van der Waals surface area contributed by atoms with Crippen LogP contribution in [0, 0.1) is 5.92 Å². The third-order valence-electron chi connectivity index (χ3n) is 4.23. The molecule has 1 heterocycles. The summed E-state index contributed by atoms with van der Waals surface area (Å²) in [5.41, 5.74) is 1.89. The summed E-state index contributed by atoms with van der Waals surface area (Å²) in [4.78, 5) is 24.1. The number of amides is 1. The summed E-state index contributed by atoms with van der Waals surface area (Å²) in [6.07, 6.45) is 1.12. The fraction of sp³-hybridized carbons (Fsp3) is 0.300. The molecule has 0 saturated carbocycles. The van der Waals surface area contributed by atoms with Crippen molar-refractivity contribution in [2.24, 2.45) is 5.92 Å². The van der Waals surface area contributed by atoms with Gasteiger partial charge in [0.25, 0.3) is 5.91 Å². The molecular formula is C20H19Cl2NO4. The minimum Gasteiger partial charge on any atom is -0.492 e. The number of carbonyl (C=O) groups is 2. The molecule has 2 aromatic carbocycles. The van der Waals surface area contributed by atoms with Gasteiger partial charge in [-0.15, -0.1) is 0 Å². The molecule has 0 saturated heterocycles. The Labute approximate surface area is 167 Å². The molecule has 1 atom stereocenters. The normalized spacial score (nSPS) is 15.4. The molecule has 7 heteroatoms. The zero-order chi connectivity index (χ0) is 19.2. The lowest BCUT2D eigenvalue weighted by Crippen LogP contribution is -2.34. The average Bonchev–Trinajstić information content (AvgIpc) is 2.65. The molecule has 2 aromatic rings. The van der Waals surface area contributed by atoms with Crippen molar-refractivity contribution in [3.05, 3.63) is 63.6 Å². The van der Waals surface area contributed by atoms with E-state index in [9.17, 15) is 9.59 Å². The van der Waals surface area contributed by atoms with Gasteiger partial charge in [0, 0.05) is 16.6 Å². The van der Waals surface area contributed by atoms with E-state index in [2.05, 4.69) is 5.32 Å². The van der Waals surface area contributed by atoms with Crippen LogP contribution >= 0.6 is 23.2 Å². The Morgan fingerprint density at radius 3 is 2.78 bits per heavy atom. The summed E-state index contributed by atoms with van der Waals surface area (Å²) in [5.74, 6) is -0.520. The largest absolute Gasteiger partial charge is 0.492 e. The molecule has 1 amide bonds. The molecule has 0 bridgehead atoms. The molecule has 27 heavy (non-hydrogen) atoms. The van der Waals surface area contributed by atoms with E-state index in [0.717, 1.165) is 16.9 Å². The summed E-state index contributed by atoms with van der Waals surface area (Å²) < 4.78 is 10.7. The van der Waals surface area contributed by atoms with Crippen molar-refractivity contribution in [3.8, 4) is 5.75 Å². The topological polar surface area (TPSA) is 64.6 Å². The molecule has 142 valence electrons. The van der Waals surface area contributed by atoms with Crippen molar-refractivity contribution in [3.63, 3.8) is 0 Å². The van der Waals surface area contributed by atoms with Crippen LogP contribution in [0.25, 0.3) is 0 Å². The van der Waals surface area contributed by atoms with E-state index in [1.165, 1.54) is 0 Å². The molecule has 0 unspecified atom stereocenters. The van der Waals surface area contributed by atoms with Crippen LogP contribution in [0.3, 0.4) is 0 Å². The Bertz CT molecular complexity index is 840. The summed E-state index contributed by atoms with van der Waals surface area (Å²) in [6.45, 7) is 0.353. The Morgan fingerprint density at radius 1 is 1.15 bits per heavy atom. The van der Waals surface area contributed by atoms with E-state index in [0.29, 0.717) is 29.4 Å². The first-order chi connectivity index (χ1) is 13.0. The van der Waals surface area contributed by atoms with Gasteiger partial charge >= 0.3 is 5.97 Å². The minimum atomic E-state index is -0.453. The van der Waals surface area contributed by atoms with Crippen molar-refractivity contribution in [2.45, 2.75) is 12.8 Å². The highest BCUT2D eigenvalue weighted by molar-refractivity contribution is 6.30. The summed E-state index contributed by atoms with van der Waals surface area (Å²) in [6, 6.07) is 12.7. The Balaban J connectivity index is 1.40. The van der Waals surface area contributed by atoms with Gasteiger partial charge in [-0.05, 0) is 54.3 Å². The molecule has 3 rings (SSSR count). The third-order valence-corrected chi connectivity index (χ3v) is 4.70. The Morgan fingerprint density at radius 2 is 1.96 bits per heavy atom. The summed E-state index contributed by atoms with van der Waals surface area (Å²) >= 11 is 11.9. The van der Waals surface area contributed by atoms with Crippen LogP contribution in [0.2, 0.25) is 10.0 Å². The summed E-state index contributed by atoms with van der Waals surface area (Å²) in [7, 11) is 0. The number of nitrogens with one attached hydrogen (secondary N) is 1. The van der Waals surface area contributed by atoms with Gasteiger partial charge in [-0.3, -0.25) is 9.59 Å². The van der Waals surface area contributed by atoms with Gasteiger partial charge in [-0.25, -0.2) is 0 Å². The van der Waals surface area contributed by atoms with Gasteiger partial charge in [-0.2, -0.15) is 0 Å². The summed E-state index contributed by atoms with van der Waals surface area (Å²) in [5, 5.41) is 3.97. The molecular weight excluding hydrogens is 389 g/mol. The number of carbonyl (C=O) groups excluding carboxylic acids is 2. The van der Waals surface area contributed by atoms with Crippen LogP contribution in [-0.4, -0.2) is 31.6 Å². The number of esters is 1. The molecule has 5 nitrogen and oxygen atoms in total. The lowest BCUT2D eigenvalue weighted by Gasteiger charge is -2.24. The molecule has 0 aromatic heterocycles. The smallest absolute Gasteiger partial charge is 0.313 e. The lowest BCUT2D eigenvalue weighted by molar-refractivity contribution is -0.153. The second-order valence-electron chi connectivity index (χ2n) is 6.30. The van der Waals surface area contributed by atoms with Crippen LogP contribution in [0.4, 0.5) is 0 Å². The maximum atomic E-state index is 12.2. The molecule has 0 fully saturated rings. The van der Waals surface area contributed by atoms with E-state index in [1.807, 2.05) is 18.2 Å². The fourth-order valence-electron chi connectivity index (χ4n) is 2.86.